The molecule has 5 heteroatoms. The van der Waals surface area contributed by atoms with E-state index in [1.807, 2.05) is 0 Å². The Labute approximate surface area is 118 Å². The third-order valence-electron chi connectivity index (χ3n) is 2.32. The molecule has 2 aromatic rings. The number of benzene rings is 2. The summed E-state index contributed by atoms with van der Waals surface area (Å²) in [4.78, 5) is 12.0. The molecule has 0 saturated carbocycles. The highest BCUT2D eigenvalue weighted by atomic mass is 79.9. The van der Waals surface area contributed by atoms with Crippen molar-refractivity contribution in [3.05, 3.63) is 59.1 Å². The van der Waals surface area contributed by atoms with Crippen molar-refractivity contribution >= 4 is 39.5 Å². The molecule has 0 saturated heterocycles. The highest BCUT2D eigenvalue weighted by molar-refractivity contribution is 9.06. The smallest absolute Gasteiger partial charge is 0.259 e. The number of hydrogen-bond donors (Lipinski definition) is 1. The number of hydrogen-bond acceptors (Lipinski definition) is 2. The predicted octanol–water partition coefficient (Wildman–Crippen LogP) is 4.28. The maximum Gasteiger partial charge on any atom is 0.259 e. The fraction of sp³-hybridized carbons (Fsp3) is 0. The molecule has 0 atom stereocenters. The van der Waals surface area contributed by atoms with E-state index >= 15 is 0 Å². The van der Waals surface area contributed by atoms with E-state index in [0.717, 1.165) is 0 Å². The summed E-state index contributed by atoms with van der Waals surface area (Å²) in [6, 6.07) is 13.8. The fourth-order valence-electron chi connectivity index (χ4n) is 1.45. The van der Waals surface area contributed by atoms with E-state index in [0.29, 0.717) is 22.0 Å². The lowest BCUT2D eigenvalue weighted by Gasteiger charge is -2.07. The van der Waals surface area contributed by atoms with Gasteiger partial charge in [-0.3, -0.25) is 4.79 Å². The molecule has 18 heavy (non-hydrogen) atoms. The van der Waals surface area contributed by atoms with Crippen LogP contribution in [0.4, 0.5) is 5.69 Å². The molecule has 0 spiro atoms. The molecule has 0 heterocycles. The maximum atomic E-state index is 12.0. The molecule has 0 fully saturated rings. The van der Waals surface area contributed by atoms with E-state index < -0.39 is 0 Å². The van der Waals surface area contributed by atoms with Crippen LogP contribution in [0, 0.1) is 0 Å². The molecule has 0 aliphatic heterocycles. The summed E-state index contributed by atoms with van der Waals surface area (Å²) in [6.07, 6.45) is 0. The highest BCUT2D eigenvalue weighted by Gasteiger charge is 2.11. The maximum absolute atomic E-state index is 12.0. The summed E-state index contributed by atoms with van der Waals surface area (Å²) in [5.41, 5.74) is 1.12. The van der Waals surface area contributed by atoms with Crippen LogP contribution in [0.25, 0.3) is 0 Å². The second kappa shape index (κ2) is 5.89. The van der Waals surface area contributed by atoms with Gasteiger partial charge in [0.25, 0.3) is 5.91 Å². The van der Waals surface area contributed by atoms with Crippen molar-refractivity contribution in [2.45, 2.75) is 0 Å². The van der Waals surface area contributed by atoms with Crippen molar-refractivity contribution in [2.75, 3.05) is 5.32 Å². The number of anilines is 1. The molecule has 2 rings (SSSR count). The molecule has 1 amide bonds. The van der Waals surface area contributed by atoms with Gasteiger partial charge >= 0.3 is 0 Å². The summed E-state index contributed by atoms with van der Waals surface area (Å²) < 4.78 is 4.95. The zero-order valence-corrected chi connectivity index (χ0v) is 11.5. The van der Waals surface area contributed by atoms with E-state index in [4.69, 9.17) is 15.4 Å². The molecular formula is C13H9BrClNO2. The minimum atomic E-state index is -0.243. The largest absolute Gasteiger partial charge is 0.417 e. The van der Waals surface area contributed by atoms with Crippen LogP contribution in [0.3, 0.4) is 0 Å². The zero-order chi connectivity index (χ0) is 13.0. The van der Waals surface area contributed by atoms with Crippen molar-refractivity contribution in [1.29, 1.82) is 0 Å². The van der Waals surface area contributed by atoms with Gasteiger partial charge in [0.15, 0.2) is 16.3 Å². The predicted molar refractivity (Wildman–Crippen MR) is 75.4 cm³/mol. The molecule has 0 aliphatic rings. The topological polar surface area (TPSA) is 38.3 Å². The van der Waals surface area contributed by atoms with Crippen LogP contribution in [-0.4, -0.2) is 5.91 Å². The van der Waals surface area contributed by atoms with Gasteiger partial charge in [-0.1, -0.05) is 23.7 Å². The SMILES string of the molecule is O=C(Nc1ccc(Cl)cc1)c1ccccc1OBr. The van der Waals surface area contributed by atoms with Gasteiger partial charge < -0.3 is 9.15 Å². The Balaban J connectivity index is 2.19. The van der Waals surface area contributed by atoms with Gasteiger partial charge in [-0.2, -0.15) is 0 Å². The molecule has 0 aliphatic carbocycles. The number of halogens is 2. The second-order valence-electron chi connectivity index (χ2n) is 3.53. The van der Waals surface area contributed by atoms with Crippen LogP contribution in [0.5, 0.6) is 5.75 Å². The molecule has 0 bridgehead atoms. The molecule has 3 nitrogen and oxygen atoms in total. The molecule has 0 unspecified atom stereocenters. The monoisotopic (exact) mass is 325 g/mol. The summed E-state index contributed by atoms with van der Waals surface area (Å²) in [7, 11) is 0. The number of para-hydroxylation sites is 1. The Bertz CT molecular complexity index is 557. The third kappa shape index (κ3) is 3.03. The number of carbonyl (C=O) groups excluding carboxylic acids is 1. The van der Waals surface area contributed by atoms with Gasteiger partial charge in [0.1, 0.15) is 5.75 Å². The standard InChI is InChI=1S/C13H9BrClNO2/c14-18-12-4-2-1-3-11(12)13(17)16-10-7-5-9(15)6-8-10/h1-8H,(H,16,17). The Morgan fingerprint density at radius 3 is 2.44 bits per heavy atom. The average Bonchev–Trinajstić information content (AvgIpc) is 2.41. The molecule has 0 radical (unpaired) electrons. The number of rotatable bonds is 3. The summed E-state index contributed by atoms with van der Waals surface area (Å²) >= 11 is 8.65. The van der Waals surface area contributed by atoms with Crippen LogP contribution in [-0.2, 0) is 0 Å². The Morgan fingerprint density at radius 1 is 1.11 bits per heavy atom. The number of carbonyl (C=O) groups is 1. The van der Waals surface area contributed by atoms with Gasteiger partial charge in [0, 0.05) is 10.7 Å². The van der Waals surface area contributed by atoms with Crippen molar-refractivity contribution in [1.82, 2.24) is 0 Å². The van der Waals surface area contributed by atoms with Gasteiger partial charge in [0.05, 0.1) is 5.56 Å². The summed E-state index contributed by atoms with van der Waals surface area (Å²) in [5.74, 6) is 0.219. The Hall–Kier alpha value is -1.52. The first-order chi connectivity index (χ1) is 8.70. The lowest BCUT2D eigenvalue weighted by Crippen LogP contribution is -2.12. The van der Waals surface area contributed by atoms with E-state index in [-0.39, 0.29) is 5.91 Å². The Kier molecular flexibility index (Phi) is 4.23. The molecule has 1 N–H and O–H groups in total. The first-order valence-electron chi connectivity index (χ1n) is 5.15. The molecule has 2 aromatic carbocycles. The molecule has 92 valence electrons. The zero-order valence-electron chi connectivity index (χ0n) is 9.19. The third-order valence-corrected chi connectivity index (χ3v) is 2.92. The molecule has 0 aromatic heterocycles. The average molecular weight is 327 g/mol. The van der Waals surface area contributed by atoms with Crippen molar-refractivity contribution in [3.8, 4) is 5.75 Å². The minimum absolute atomic E-state index is 0.243. The highest BCUT2D eigenvalue weighted by Crippen LogP contribution is 2.21. The first kappa shape index (κ1) is 12.9. The lowest BCUT2D eigenvalue weighted by molar-refractivity contribution is 0.102. The van der Waals surface area contributed by atoms with E-state index in [1.165, 1.54) is 0 Å². The lowest BCUT2D eigenvalue weighted by atomic mass is 10.2. The number of nitrogens with one attached hydrogen (secondary N) is 1. The van der Waals surface area contributed by atoms with Crippen LogP contribution in [0.15, 0.2) is 48.5 Å². The van der Waals surface area contributed by atoms with Crippen molar-refractivity contribution < 1.29 is 8.62 Å². The second-order valence-corrected chi connectivity index (χ2v) is 4.29. The van der Waals surface area contributed by atoms with Crippen LogP contribution >= 0.6 is 27.9 Å². The van der Waals surface area contributed by atoms with E-state index in [9.17, 15) is 4.79 Å². The van der Waals surface area contributed by atoms with Crippen molar-refractivity contribution in [2.24, 2.45) is 0 Å². The van der Waals surface area contributed by atoms with Gasteiger partial charge in [-0.05, 0) is 36.4 Å². The Morgan fingerprint density at radius 2 is 1.78 bits per heavy atom. The molecular weight excluding hydrogens is 318 g/mol. The van der Waals surface area contributed by atoms with E-state index in [2.05, 4.69) is 21.6 Å². The van der Waals surface area contributed by atoms with Gasteiger partial charge in [-0.25, -0.2) is 0 Å². The van der Waals surface area contributed by atoms with E-state index in [1.54, 1.807) is 48.5 Å². The van der Waals surface area contributed by atoms with Crippen LogP contribution < -0.4 is 9.15 Å². The van der Waals surface area contributed by atoms with Gasteiger partial charge in [-0.15, -0.1) is 0 Å². The minimum Gasteiger partial charge on any atom is -0.417 e. The number of amides is 1. The normalized spacial score (nSPS) is 9.89. The summed E-state index contributed by atoms with van der Waals surface area (Å²) in [6.45, 7) is 0. The fourth-order valence-corrected chi connectivity index (χ4v) is 1.86. The summed E-state index contributed by atoms with van der Waals surface area (Å²) in [5, 5.41) is 3.38. The first-order valence-corrected chi connectivity index (χ1v) is 6.18. The van der Waals surface area contributed by atoms with Crippen LogP contribution in [0.2, 0.25) is 5.02 Å². The van der Waals surface area contributed by atoms with Gasteiger partial charge in [0.2, 0.25) is 0 Å². The quantitative estimate of drug-likeness (QED) is 0.914. The van der Waals surface area contributed by atoms with Crippen molar-refractivity contribution in [3.63, 3.8) is 0 Å². The van der Waals surface area contributed by atoms with Crippen LogP contribution in [0.1, 0.15) is 10.4 Å².